The number of hydrogen-bond donors (Lipinski definition) is 3. The summed E-state index contributed by atoms with van der Waals surface area (Å²) < 4.78 is 18.4. The standard InChI is InChI=1S/C15H24FN3O2/c1-10(18-14(20)21-15(2,3)4)13(9-17)19-12-7-5-6-11(16)8-12/h5-8,10,13,19H,9,17H2,1-4H3,(H,18,20). The van der Waals surface area contributed by atoms with Crippen molar-refractivity contribution < 1.29 is 13.9 Å². The predicted octanol–water partition coefficient (Wildman–Crippen LogP) is 2.48. The number of amides is 1. The molecular weight excluding hydrogens is 273 g/mol. The van der Waals surface area contributed by atoms with Crippen LogP contribution in [0.1, 0.15) is 27.7 Å². The fourth-order valence-electron chi connectivity index (χ4n) is 1.77. The molecule has 1 aromatic rings. The zero-order valence-corrected chi connectivity index (χ0v) is 12.9. The number of hydrogen-bond acceptors (Lipinski definition) is 4. The molecule has 0 aliphatic heterocycles. The smallest absolute Gasteiger partial charge is 0.407 e. The minimum Gasteiger partial charge on any atom is -0.444 e. The molecule has 0 bridgehead atoms. The van der Waals surface area contributed by atoms with Crippen molar-refractivity contribution in [1.82, 2.24) is 5.32 Å². The number of nitrogens with one attached hydrogen (secondary N) is 2. The van der Waals surface area contributed by atoms with E-state index >= 15 is 0 Å². The molecule has 0 aliphatic rings. The molecule has 4 N–H and O–H groups in total. The number of alkyl carbamates (subject to hydrolysis) is 1. The summed E-state index contributed by atoms with van der Waals surface area (Å²) in [7, 11) is 0. The molecule has 0 aliphatic carbocycles. The number of benzene rings is 1. The molecule has 5 nitrogen and oxygen atoms in total. The lowest BCUT2D eigenvalue weighted by Crippen LogP contribution is -2.49. The van der Waals surface area contributed by atoms with E-state index in [2.05, 4.69) is 10.6 Å². The van der Waals surface area contributed by atoms with Gasteiger partial charge in [0, 0.05) is 12.2 Å². The summed E-state index contributed by atoms with van der Waals surface area (Å²) in [5, 5.41) is 5.83. The van der Waals surface area contributed by atoms with Gasteiger partial charge in [0.05, 0.1) is 12.1 Å². The first-order valence-corrected chi connectivity index (χ1v) is 6.93. The Labute approximate surface area is 125 Å². The van der Waals surface area contributed by atoms with Gasteiger partial charge in [-0.3, -0.25) is 0 Å². The van der Waals surface area contributed by atoms with Gasteiger partial charge in [-0.1, -0.05) is 6.07 Å². The normalized spacial score (nSPS) is 14.2. The van der Waals surface area contributed by atoms with Crippen molar-refractivity contribution in [2.24, 2.45) is 5.73 Å². The summed E-state index contributed by atoms with van der Waals surface area (Å²) in [5.74, 6) is -0.330. The molecule has 1 rings (SSSR count). The highest BCUT2D eigenvalue weighted by molar-refractivity contribution is 5.68. The van der Waals surface area contributed by atoms with Crippen LogP contribution < -0.4 is 16.4 Å². The van der Waals surface area contributed by atoms with Gasteiger partial charge >= 0.3 is 6.09 Å². The van der Waals surface area contributed by atoms with E-state index in [0.29, 0.717) is 5.69 Å². The number of anilines is 1. The Bertz CT molecular complexity index is 474. The van der Waals surface area contributed by atoms with Crippen molar-refractivity contribution >= 4 is 11.8 Å². The SMILES string of the molecule is CC(NC(=O)OC(C)(C)C)C(CN)Nc1cccc(F)c1. The van der Waals surface area contributed by atoms with Gasteiger partial charge in [0.15, 0.2) is 0 Å². The Kier molecular flexibility index (Phi) is 5.96. The zero-order valence-electron chi connectivity index (χ0n) is 12.9. The Morgan fingerprint density at radius 2 is 2.10 bits per heavy atom. The largest absolute Gasteiger partial charge is 0.444 e. The van der Waals surface area contributed by atoms with Crippen LogP contribution in [0.4, 0.5) is 14.9 Å². The fraction of sp³-hybridized carbons (Fsp3) is 0.533. The first kappa shape index (κ1) is 17.2. The van der Waals surface area contributed by atoms with Crippen LogP contribution in [0.5, 0.6) is 0 Å². The van der Waals surface area contributed by atoms with Crippen LogP contribution in [0, 0.1) is 5.82 Å². The lowest BCUT2D eigenvalue weighted by atomic mass is 10.1. The molecular formula is C15H24FN3O2. The van der Waals surface area contributed by atoms with Crippen molar-refractivity contribution in [1.29, 1.82) is 0 Å². The molecule has 1 amide bonds. The van der Waals surface area contributed by atoms with E-state index in [0.717, 1.165) is 0 Å². The van der Waals surface area contributed by atoms with E-state index < -0.39 is 11.7 Å². The Morgan fingerprint density at radius 3 is 2.62 bits per heavy atom. The van der Waals surface area contributed by atoms with Crippen LogP contribution in [-0.4, -0.2) is 30.3 Å². The predicted molar refractivity (Wildman–Crippen MR) is 81.7 cm³/mol. The summed E-state index contributed by atoms with van der Waals surface area (Å²) >= 11 is 0. The van der Waals surface area contributed by atoms with Crippen molar-refractivity contribution in [2.45, 2.75) is 45.4 Å². The zero-order chi connectivity index (χ0) is 16.0. The van der Waals surface area contributed by atoms with E-state index in [9.17, 15) is 9.18 Å². The van der Waals surface area contributed by atoms with Crippen molar-refractivity contribution in [3.63, 3.8) is 0 Å². The average molecular weight is 297 g/mol. The van der Waals surface area contributed by atoms with Crippen LogP contribution in [-0.2, 0) is 4.74 Å². The van der Waals surface area contributed by atoms with Crippen LogP contribution in [0.2, 0.25) is 0 Å². The van der Waals surface area contributed by atoms with E-state index in [1.807, 2.05) is 6.92 Å². The number of carbonyl (C=O) groups is 1. The van der Waals surface area contributed by atoms with Crippen molar-refractivity contribution in [3.8, 4) is 0 Å². The first-order valence-electron chi connectivity index (χ1n) is 6.93. The molecule has 0 saturated heterocycles. The number of nitrogens with two attached hydrogens (primary N) is 1. The molecule has 0 spiro atoms. The third-order valence-corrected chi connectivity index (χ3v) is 2.78. The molecule has 0 radical (unpaired) electrons. The molecule has 1 aromatic carbocycles. The summed E-state index contributed by atoms with van der Waals surface area (Å²) in [6.07, 6.45) is -0.505. The highest BCUT2D eigenvalue weighted by Crippen LogP contribution is 2.12. The number of halogens is 1. The first-order chi connectivity index (χ1) is 9.71. The molecule has 2 atom stereocenters. The molecule has 118 valence electrons. The van der Waals surface area contributed by atoms with Gasteiger partial charge in [-0.2, -0.15) is 0 Å². The highest BCUT2D eigenvalue weighted by atomic mass is 19.1. The van der Waals surface area contributed by atoms with Gasteiger partial charge in [-0.25, -0.2) is 9.18 Å². The molecule has 0 fully saturated rings. The van der Waals surface area contributed by atoms with Gasteiger partial charge in [0.25, 0.3) is 0 Å². The van der Waals surface area contributed by atoms with E-state index in [1.165, 1.54) is 12.1 Å². The summed E-state index contributed by atoms with van der Waals surface area (Å²) in [6, 6.07) is 5.59. The topological polar surface area (TPSA) is 76.4 Å². The average Bonchev–Trinajstić information content (AvgIpc) is 2.33. The van der Waals surface area contributed by atoms with E-state index in [4.69, 9.17) is 10.5 Å². The van der Waals surface area contributed by atoms with Crippen molar-refractivity contribution in [3.05, 3.63) is 30.1 Å². The van der Waals surface area contributed by atoms with Crippen LogP contribution in [0.15, 0.2) is 24.3 Å². The van der Waals surface area contributed by atoms with Gasteiger partial charge < -0.3 is 21.1 Å². The summed E-state index contributed by atoms with van der Waals surface area (Å²) in [6.45, 7) is 7.48. The monoisotopic (exact) mass is 297 g/mol. The fourth-order valence-corrected chi connectivity index (χ4v) is 1.77. The second-order valence-electron chi connectivity index (χ2n) is 5.93. The molecule has 6 heteroatoms. The molecule has 0 heterocycles. The lowest BCUT2D eigenvalue weighted by molar-refractivity contribution is 0.0504. The van der Waals surface area contributed by atoms with Gasteiger partial charge in [0.1, 0.15) is 11.4 Å². The van der Waals surface area contributed by atoms with Crippen molar-refractivity contribution in [2.75, 3.05) is 11.9 Å². The molecule has 21 heavy (non-hydrogen) atoms. The quantitative estimate of drug-likeness (QED) is 0.780. The van der Waals surface area contributed by atoms with Crippen LogP contribution in [0.3, 0.4) is 0 Å². The third kappa shape index (κ3) is 6.44. The summed E-state index contributed by atoms with van der Waals surface area (Å²) in [4.78, 5) is 11.7. The maximum Gasteiger partial charge on any atom is 0.407 e. The Morgan fingerprint density at radius 1 is 1.43 bits per heavy atom. The Balaban J connectivity index is 2.61. The molecule has 0 saturated carbocycles. The van der Waals surface area contributed by atoms with Gasteiger partial charge in [0.2, 0.25) is 0 Å². The van der Waals surface area contributed by atoms with Gasteiger partial charge in [-0.15, -0.1) is 0 Å². The minimum atomic E-state index is -0.558. The molecule has 2 unspecified atom stereocenters. The number of carbonyl (C=O) groups excluding carboxylic acids is 1. The Hall–Kier alpha value is -1.82. The van der Waals surface area contributed by atoms with Gasteiger partial charge in [-0.05, 0) is 45.9 Å². The maximum absolute atomic E-state index is 13.2. The lowest BCUT2D eigenvalue weighted by Gasteiger charge is -2.27. The number of rotatable bonds is 5. The van der Waals surface area contributed by atoms with E-state index in [1.54, 1.807) is 32.9 Å². The van der Waals surface area contributed by atoms with Crippen LogP contribution in [0.25, 0.3) is 0 Å². The highest BCUT2D eigenvalue weighted by Gasteiger charge is 2.22. The third-order valence-electron chi connectivity index (χ3n) is 2.78. The summed E-state index contributed by atoms with van der Waals surface area (Å²) in [5.41, 5.74) is 5.77. The molecule has 0 aromatic heterocycles. The van der Waals surface area contributed by atoms with Crippen LogP contribution >= 0.6 is 0 Å². The maximum atomic E-state index is 13.2. The number of ether oxygens (including phenoxy) is 1. The minimum absolute atomic E-state index is 0.237. The second kappa shape index (κ2) is 7.26. The van der Waals surface area contributed by atoms with E-state index in [-0.39, 0.29) is 24.4 Å². The second-order valence-corrected chi connectivity index (χ2v) is 5.93.